The molecule has 1 aliphatic rings. The van der Waals surface area contributed by atoms with Crippen LogP contribution >= 0.6 is 27.5 Å². The van der Waals surface area contributed by atoms with Crippen molar-refractivity contribution in [1.29, 1.82) is 0 Å². The van der Waals surface area contributed by atoms with Crippen molar-refractivity contribution >= 4 is 33.3 Å². The van der Waals surface area contributed by atoms with Crippen LogP contribution in [-0.4, -0.2) is 42.0 Å². The molecule has 3 nitrogen and oxygen atoms in total. The summed E-state index contributed by atoms with van der Waals surface area (Å²) in [7, 11) is 0. The molecule has 0 amide bonds. The van der Waals surface area contributed by atoms with Gasteiger partial charge in [0.1, 0.15) is 0 Å². The van der Waals surface area contributed by atoms with Crippen molar-refractivity contribution in [3.8, 4) is 0 Å². The van der Waals surface area contributed by atoms with Crippen molar-refractivity contribution in [2.24, 2.45) is 5.92 Å². The molecule has 0 saturated carbocycles. The standard InChI is InChI=1S/C16H21BrClNO2/c17-13-3-4-14(15(18)10-13)16(21)5-8-19-7-1-2-12(11-19)6-9-20/h3-4,10,12,20H,1-2,5-9,11H2. The molecular weight excluding hydrogens is 354 g/mol. The Hall–Kier alpha value is -0.420. The van der Waals surface area contributed by atoms with Crippen LogP contribution in [0.4, 0.5) is 0 Å². The van der Waals surface area contributed by atoms with E-state index in [0.717, 1.165) is 36.9 Å². The van der Waals surface area contributed by atoms with E-state index in [4.69, 9.17) is 16.7 Å². The number of aliphatic hydroxyl groups excluding tert-OH is 1. The Balaban J connectivity index is 1.86. The highest BCUT2D eigenvalue weighted by Crippen LogP contribution is 2.23. The first-order valence-corrected chi connectivity index (χ1v) is 8.58. The average Bonchev–Trinajstić information content (AvgIpc) is 2.45. The van der Waals surface area contributed by atoms with Crippen LogP contribution < -0.4 is 0 Å². The van der Waals surface area contributed by atoms with Crippen molar-refractivity contribution < 1.29 is 9.90 Å². The van der Waals surface area contributed by atoms with E-state index in [-0.39, 0.29) is 12.4 Å². The van der Waals surface area contributed by atoms with Gasteiger partial charge in [0.15, 0.2) is 5.78 Å². The molecule has 2 rings (SSSR count). The van der Waals surface area contributed by atoms with Crippen molar-refractivity contribution in [2.75, 3.05) is 26.2 Å². The van der Waals surface area contributed by atoms with Crippen LogP contribution in [0.3, 0.4) is 0 Å². The lowest BCUT2D eigenvalue weighted by molar-refractivity contribution is 0.0938. The highest BCUT2D eigenvalue weighted by atomic mass is 79.9. The lowest BCUT2D eigenvalue weighted by Crippen LogP contribution is -2.37. The molecule has 0 bridgehead atoms. The Bertz CT molecular complexity index is 493. The Labute approximate surface area is 139 Å². The van der Waals surface area contributed by atoms with Gasteiger partial charge in [0, 0.05) is 36.2 Å². The first-order chi connectivity index (χ1) is 10.1. The Morgan fingerprint density at radius 1 is 1.48 bits per heavy atom. The normalized spacial score (nSPS) is 19.7. The molecule has 1 fully saturated rings. The van der Waals surface area contributed by atoms with Crippen molar-refractivity contribution in [1.82, 2.24) is 4.90 Å². The topological polar surface area (TPSA) is 40.5 Å². The number of benzene rings is 1. The number of hydrogen-bond donors (Lipinski definition) is 1. The maximum absolute atomic E-state index is 12.3. The van der Waals surface area contributed by atoms with Gasteiger partial charge in [-0.15, -0.1) is 0 Å². The second-order valence-corrected chi connectivity index (χ2v) is 6.94. The van der Waals surface area contributed by atoms with E-state index in [1.54, 1.807) is 12.1 Å². The summed E-state index contributed by atoms with van der Waals surface area (Å²) in [5.74, 6) is 0.659. The quantitative estimate of drug-likeness (QED) is 0.771. The maximum atomic E-state index is 12.3. The molecule has 116 valence electrons. The predicted molar refractivity (Wildman–Crippen MR) is 89.0 cm³/mol. The van der Waals surface area contributed by atoms with Crippen LogP contribution in [0.2, 0.25) is 5.02 Å². The van der Waals surface area contributed by atoms with Crippen LogP contribution in [0, 0.1) is 5.92 Å². The number of carbonyl (C=O) groups excluding carboxylic acids is 1. The fourth-order valence-corrected chi connectivity index (χ4v) is 3.66. The molecule has 0 spiro atoms. The van der Waals surface area contributed by atoms with Crippen LogP contribution in [0.25, 0.3) is 0 Å². The van der Waals surface area contributed by atoms with Gasteiger partial charge in [-0.3, -0.25) is 4.79 Å². The first-order valence-electron chi connectivity index (χ1n) is 7.41. The van der Waals surface area contributed by atoms with Crippen molar-refractivity contribution in [3.05, 3.63) is 33.3 Å². The lowest BCUT2D eigenvalue weighted by Gasteiger charge is -2.32. The van der Waals surface area contributed by atoms with E-state index in [1.165, 1.54) is 6.42 Å². The molecule has 1 aromatic rings. The zero-order valence-corrected chi connectivity index (χ0v) is 14.4. The van der Waals surface area contributed by atoms with Gasteiger partial charge in [-0.05, 0) is 49.9 Å². The molecule has 1 aromatic carbocycles. The van der Waals surface area contributed by atoms with Crippen LogP contribution in [0.5, 0.6) is 0 Å². The van der Waals surface area contributed by atoms with E-state index in [2.05, 4.69) is 20.8 Å². The Morgan fingerprint density at radius 2 is 2.29 bits per heavy atom. The summed E-state index contributed by atoms with van der Waals surface area (Å²) in [4.78, 5) is 14.6. The third kappa shape index (κ3) is 5.06. The van der Waals surface area contributed by atoms with E-state index in [1.807, 2.05) is 6.07 Å². The van der Waals surface area contributed by atoms with Gasteiger partial charge in [-0.1, -0.05) is 27.5 Å². The molecule has 0 radical (unpaired) electrons. The zero-order chi connectivity index (χ0) is 15.2. The van der Waals surface area contributed by atoms with Crippen molar-refractivity contribution in [3.63, 3.8) is 0 Å². The average molecular weight is 375 g/mol. The number of carbonyl (C=O) groups is 1. The van der Waals surface area contributed by atoms with E-state index < -0.39 is 0 Å². The molecule has 1 atom stereocenters. The number of aliphatic hydroxyl groups is 1. The number of halogens is 2. The fraction of sp³-hybridized carbons (Fsp3) is 0.562. The minimum atomic E-state index is 0.0942. The minimum Gasteiger partial charge on any atom is -0.396 e. The second-order valence-electron chi connectivity index (χ2n) is 5.62. The zero-order valence-electron chi connectivity index (χ0n) is 12.0. The molecule has 1 aliphatic heterocycles. The number of nitrogens with zero attached hydrogens (tertiary/aromatic N) is 1. The monoisotopic (exact) mass is 373 g/mol. The summed E-state index contributed by atoms with van der Waals surface area (Å²) in [6.45, 7) is 3.06. The summed E-state index contributed by atoms with van der Waals surface area (Å²) >= 11 is 9.46. The molecule has 0 aliphatic carbocycles. The molecule has 1 heterocycles. The van der Waals surface area contributed by atoms with Gasteiger partial charge >= 0.3 is 0 Å². The number of piperidine rings is 1. The van der Waals surface area contributed by atoms with E-state index >= 15 is 0 Å². The molecule has 1 unspecified atom stereocenters. The van der Waals surface area contributed by atoms with Gasteiger partial charge in [0.2, 0.25) is 0 Å². The van der Waals surface area contributed by atoms with Gasteiger partial charge in [0.05, 0.1) is 5.02 Å². The minimum absolute atomic E-state index is 0.0942. The largest absolute Gasteiger partial charge is 0.396 e. The van der Waals surface area contributed by atoms with Crippen LogP contribution in [0.15, 0.2) is 22.7 Å². The fourth-order valence-electron chi connectivity index (χ4n) is 2.88. The Kier molecular flexibility index (Phi) is 6.68. The maximum Gasteiger partial charge on any atom is 0.165 e. The summed E-state index contributed by atoms with van der Waals surface area (Å²) in [5, 5.41) is 9.54. The molecule has 0 aromatic heterocycles. The highest BCUT2D eigenvalue weighted by Gasteiger charge is 2.20. The third-order valence-corrected chi connectivity index (χ3v) is 4.83. The number of ketones is 1. The number of likely N-dealkylation sites (tertiary alicyclic amines) is 1. The molecule has 21 heavy (non-hydrogen) atoms. The summed E-state index contributed by atoms with van der Waals surface area (Å²) < 4.78 is 0.881. The molecule has 5 heteroatoms. The van der Waals surface area contributed by atoms with E-state index in [0.29, 0.717) is 22.9 Å². The molecular formula is C16H21BrClNO2. The SMILES string of the molecule is O=C(CCN1CCCC(CCO)C1)c1ccc(Br)cc1Cl. The molecule has 1 saturated heterocycles. The smallest absolute Gasteiger partial charge is 0.165 e. The van der Waals surface area contributed by atoms with E-state index in [9.17, 15) is 4.79 Å². The predicted octanol–water partition coefficient (Wildman–Crippen LogP) is 3.77. The van der Waals surface area contributed by atoms with Gasteiger partial charge < -0.3 is 10.0 Å². The third-order valence-electron chi connectivity index (χ3n) is 4.03. The number of rotatable bonds is 6. The number of hydrogen-bond acceptors (Lipinski definition) is 3. The first kappa shape index (κ1) is 16.9. The Morgan fingerprint density at radius 3 is 3.00 bits per heavy atom. The molecule has 1 N–H and O–H groups in total. The van der Waals surface area contributed by atoms with Gasteiger partial charge in [-0.2, -0.15) is 0 Å². The van der Waals surface area contributed by atoms with Gasteiger partial charge in [-0.25, -0.2) is 0 Å². The summed E-state index contributed by atoms with van der Waals surface area (Å²) in [6, 6.07) is 5.38. The number of Topliss-reactive ketones (excluding diaryl/α,β-unsaturated/α-hetero) is 1. The lowest BCUT2D eigenvalue weighted by atomic mass is 9.95. The van der Waals surface area contributed by atoms with Crippen LogP contribution in [-0.2, 0) is 0 Å². The summed E-state index contributed by atoms with van der Waals surface area (Å²) in [6.07, 6.45) is 3.69. The summed E-state index contributed by atoms with van der Waals surface area (Å²) in [5.41, 5.74) is 0.601. The van der Waals surface area contributed by atoms with Gasteiger partial charge in [0.25, 0.3) is 0 Å². The highest BCUT2D eigenvalue weighted by molar-refractivity contribution is 9.10. The second kappa shape index (κ2) is 8.28. The van der Waals surface area contributed by atoms with Crippen LogP contribution in [0.1, 0.15) is 36.0 Å². The van der Waals surface area contributed by atoms with Crippen molar-refractivity contribution in [2.45, 2.75) is 25.7 Å².